The van der Waals surface area contributed by atoms with Gasteiger partial charge in [-0.25, -0.2) is 0 Å². The Labute approximate surface area is 296 Å². The summed E-state index contributed by atoms with van der Waals surface area (Å²) in [4.78, 5) is 12.4. The molecule has 0 aromatic heterocycles. The van der Waals surface area contributed by atoms with Crippen LogP contribution in [0.3, 0.4) is 0 Å². The van der Waals surface area contributed by atoms with Crippen molar-refractivity contribution in [3.05, 3.63) is 48.6 Å². The maximum atomic E-state index is 12.4. The fourth-order valence-corrected chi connectivity index (χ4v) is 5.76. The molecule has 0 rings (SSSR count). The Hall–Kier alpha value is -1.73. The van der Waals surface area contributed by atoms with E-state index >= 15 is 0 Å². The van der Waals surface area contributed by atoms with E-state index in [1.165, 1.54) is 116 Å². The highest BCUT2D eigenvalue weighted by Crippen LogP contribution is 2.13. The highest BCUT2D eigenvalue weighted by Gasteiger charge is 2.28. The van der Waals surface area contributed by atoms with E-state index in [4.69, 9.17) is 0 Å². The predicted octanol–water partition coefficient (Wildman–Crippen LogP) is 9.95. The standard InChI is InChI=1S/C42H77NO5/c1-3-5-7-9-11-13-15-17-18-19-20-21-22-23-24-26-27-29-31-33-35-39(45)41(47)38(37-44)43-42(48)40(46)36-34-32-30-28-25-16-14-12-10-8-6-4-2/h22-23,25,27-29,32,34,38-41,44-47H,3-21,24,26,30-31,33,35-37H2,1-2H3,(H,43,48)/b23-22+,28-25-,29-27+,34-32-. The van der Waals surface area contributed by atoms with Crippen LogP contribution in [0.1, 0.15) is 181 Å². The Kier molecular flexibility index (Phi) is 35.2. The van der Waals surface area contributed by atoms with Crippen molar-refractivity contribution >= 4 is 5.91 Å². The van der Waals surface area contributed by atoms with Crippen LogP contribution in [0.4, 0.5) is 0 Å². The number of nitrogens with one attached hydrogen (secondary N) is 1. The van der Waals surface area contributed by atoms with Crippen molar-refractivity contribution in [2.75, 3.05) is 6.61 Å². The molecule has 0 fully saturated rings. The second-order valence-corrected chi connectivity index (χ2v) is 13.6. The summed E-state index contributed by atoms with van der Waals surface area (Å²) in [7, 11) is 0. The van der Waals surface area contributed by atoms with E-state index in [2.05, 4.69) is 55.6 Å². The third kappa shape index (κ3) is 30.3. The number of hydrogen-bond acceptors (Lipinski definition) is 5. The van der Waals surface area contributed by atoms with Gasteiger partial charge in [-0.3, -0.25) is 4.79 Å². The Morgan fingerprint density at radius 1 is 0.542 bits per heavy atom. The van der Waals surface area contributed by atoms with Crippen molar-refractivity contribution in [1.29, 1.82) is 0 Å². The number of carbonyl (C=O) groups is 1. The van der Waals surface area contributed by atoms with Crippen LogP contribution in [-0.2, 0) is 4.79 Å². The molecule has 6 heteroatoms. The molecule has 0 bridgehead atoms. The van der Waals surface area contributed by atoms with E-state index < -0.39 is 36.9 Å². The van der Waals surface area contributed by atoms with Crippen molar-refractivity contribution in [3.8, 4) is 0 Å². The van der Waals surface area contributed by atoms with E-state index in [9.17, 15) is 25.2 Å². The summed E-state index contributed by atoms with van der Waals surface area (Å²) in [6.45, 7) is 3.97. The number of aliphatic hydroxyl groups is 4. The molecule has 6 nitrogen and oxygen atoms in total. The number of amides is 1. The first kappa shape index (κ1) is 46.3. The number of hydrogen-bond donors (Lipinski definition) is 5. The molecule has 0 aliphatic rings. The highest BCUT2D eigenvalue weighted by molar-refractivity contribution is 5.81. The molecule has 4 unspecified atom stereocenters. The van der Waals surface area contributed by atoms with Crippen LogP contribution in [0.25, 0.3) is 0 Å². The van der Waals surface area contributed by atoms with Gasteiger partial charge in [0, 0.05) is 6.42 Å². The summed E-state index contributed by atoms with van der Waals surface area (Å²) >= 11 is 0. The monoisotopic (exact) mass is 676 g/mol. The largest absolute Gasteiger partial charge is 0.394 e. The van der Waals surface area contributed by atoms with E-state index in [0.29, 0.717) is 12.8 Å². The molecule has 1 amide bonds. The van der Waals surface area contributed by atoms with Gasteiger partial charge >= 0.3 is 0 Å². The third-order valence-electron chi connectivity index (χ3n) is 9.00. The Balaban J connectivity index is 3.92. The zero-order valence-electron chi connectivity index (χ0n) is 31.2. The molecule has 0 aromatic carbocycles. The number of unbranched alkanes of at least 4 members (excludes halogenated alkanes) is 19. The fraction of sp³-hybridized carbons (Fsp3) is 0.786. The van der Waals surface area contributed by atoms with E-state index in [-0.39, 0.29) is 6.42 Å². The Morgan fingerprint density at radius 2 is 0.958 bits per heavy atom. The van der Waals surface area contributed by atoms with Crippen LogP contribution in [0.15, 0.2) is 48.6 Å². The molecule has 0 saturated carbocycles. The quantitative estimate of drug-likeness (QED) is 0.0339. The van der Waals surface area contributed by atoms with Gasteiger partial charge in [0.1, 0.15) is 12.2 Å². The lowest BCUT2D eigenvalue weighted by Gasteiger charge is -2.27. The van der Waals surface area contributed by atoms with Crippen molar-refractivity contribution in [1.82, 2.24) is 5.32 Å². The summed E-state index contributed by atoms with van der Waals surface area (Å²) in [6.07, 6.45) is 43.0. The minimum atomic E-state index is -1.31. The van der Waals surface area contributed by atoms with E-state index in [1.807, 2.05) is 6.08 Å². The van der Waals surface area contributed by atoms with Gasteiger partial charge in [0.2, 0.25) is 5.91 Å². The van der Waals surface area contributed by atoms with Crippen LogP contribution in [0.5, 0.6) is 0 Å². The van der Waals surface area contributed by atoms with Gasteiger partial charge in [-0.15, -0.1) is 0 Å². The summed E-state index contributed by atoms with van der Waals surface area (Å²) in [5.74, 6) is -0.667. The molecule has 280 valence electrons. The molecule has 0 aliphatic carbocycles. The average molecular weight is 676 g/mol. The van der Waals surface area contributed by atoms with E-state index in [0.717, 1.165) is 32.1 Å². The van der Waals surface area contributed by atoms with Crippen molar-refractivity contribution in [2.45, 2.75) is 205 Å². The van der Waals surface area contributed by atoms with Crippen molar-refractivity contribution in [3.63, 3.8) is 0 Å². The van der Waals surface area contributed by atoms with Gasteiger partial charge in [0.05, 0.1) is 18.8 Å². The maximum Gasteiger partial charge on any atom is 0.249 e. The molecule has 48 heavy (non-hydrogen) atoms. The first-order valence-electron chi connectivity index (χ1n) is 20.0. The van der Waals surface area contributed by atoms with Gasteiger partial charge < -0.3 is 25.7 Å². The van der Waals surface area contributed by atoms with Gasteiger partial charge in [-0.1, -0.05) is 159 Å². The summed E-state index contributed by atoms with van der Waals surface area (Å²) in [6, 6.07) is -1.04. The van der Waals surface area contributed by atoms with Gasteiger partial charge in [-0.2, -0.15) is 0 Å². The second kappa shape index (κ2) is 36.5. The molecule has 0 aromatic rings. The number of rotatable bonds is 35. The average Bonchev–Trinajstić information content (AvgIpc) is 3.09. The van der Waals surface area contributed by atoms with E-state index in [1.54, 1.807) is 6.08 Å². The lowest BCUT2D eigenvalue weighted by atomic mass is 10.0. The minimum Gasteiger partial charge on any atom is -0.394 e. The molecule has 0 radical (unpaired) electrons. The van der Waals surface area contributed by atoms with Crippen LogP contribution < -0.4 is 5.32 Å². The zero-order chi connectivity index (χ0) is 35.3. The van der Waals surface area contributed by atoms with Crippen LogP contribution in [-0.4, -0.2) is 57.3 Å². The zero-order valence-corrected chi connectivity index (χ0v) is 31.2. The molecule has 0 saturated heterocycles. The first-order valence-corrected chi connectivity index (χ1v) is 20.0. The van der Waals surface area contributed by atoms with Crippen LogP contribution >= 0.6 is 0 Å². The topological polar surface area (TPSA) is 110 Å². The maximum absolute atomic E-state index is 12.4. The summed E-state index contributed by atoms with van der Waals surface area (Å²) in [5.41, 5.74) is 0. The fourth-order valence-electron chi connectivity index (χ4n) is 5.76. The second-order valence-electron chi connectivity index (χ2n) is 13.6. The van der Waals surface area contributed by atoms with Gasteiger partial charge in [0.15, 0.2) is 0 Å². The first-order chi connectivity index (χ1) is 23.5. The molecule has 0 heterocycles. The minimum absolute atomic E-state index is 0.148. The van der Waals surface area contributed by atoms with Gasteiger partial charge in [0.25, 0.3) is 0 Å². The highest BCUT2D eigenvalue weighted by atomic mass is 16.3. The Morgan fingerprint density at radius 3 is 1.46 bits per heavy atom. The predicted molar refractivity (Wildman–Crippen MR) is 205 cm³/mol. The van der Waals surface area contributed by atoms with Crippen molar-refractivity contribution in [2.24, 2.45) is 0 Å². The van der Waals surface area contributed by atoms with Crippen molar-refractivity contribution < 1.29 is 25.2 Å². The smallest absolute Gasteiger partial charge is 0.249 e. The molecule has 0 spiro atoms. The molecular weight excluding hydrogens is 598 g/mol. The van der Waals surface area contributed by atoms with Gasteiger partial charge in [-0.05, 0) is 64.2 Å². The molecular formula is C42H77NO5. The molecule has 0 aliphatic heterocycles. The molecule has 4 atom stereocenters. The molecule has 5 N–H and O–H groups in total. The number of allylic oxidation sites excluding steroid dienone is 7. The number of carbonyl (C=O) groups excluding carboxylic acids is 1. The lowest BCUT2D eigenvalue weighted by molar-refractivity contribution is -0.132. The summed E-state index contributed by atoms with van der Waals surface area (Å²) < 4.78 is 0. The summed E-state index contributed by atoms with van der Waals surface area (Å²) in [5, 5.41) is 43.3. The van der Waals surface area contributed by atoms with Crippen LogP contribution in [0.2, 0.25) is 0 Å². The van der Waals surface area contributed by atoms with Crippen LogP contribution in [0, 0.1) is 0 Å². The lowest BCUT2D eigenvalue weighted by Crippen LogP contribution is -2.52. The SMILES string of the molecule is CCCCCCCC/C=C\C/C=C\CC(O)C(=O)NC(CO)C(O)C(O)CCC/C=C/CC/C=C/CCCCCCCCCCCCC. The Bertz CT molecular complexity index is 808. The number of aliphatic hydroxyl groups excluding tert-OH is 4. The normalized spacial score (nSPS) is 14.9. The third-order valence-corrected chi connectivity index (χ3v) is 9.00.